The number of rotatable bonds is 8. The van der Waals surface area contributed by atoms with E-state index in [0.717, 1.165) is 39.1 Å². The van der Waals surface area contributed by atoms with Crippen molar-refractivity contribution in [3.05, 3.63) is 119 Å². The van der Waals surface area contributed by atoms with E-state index in [2.05, 4.69) is 5.16 Å². The first-order chi connectivity index (χ1) is 18.3. The van der Waals surface area contributed by atoms with Crippen LogP contribution in [-0.2, 0) is 17.8 Å². The van der Waals surface area contributed by atoms with Gasteiger partial charge in [-0.1, -0.05) is 78.0 Å². The molecule has 0 spiro atoms. The monoisotopic (exact) mass is 519 g/mol. The maximum atomic E-state index is 13.6. The lowest BCUT2D eigenvalue weighted by Crippen LogP contribution is -2.33. The highest BCUT2D eigenvalue weighted by Crippen LogP contribution is 2.38. The van der Waals surface area contributed by atoms with Crippen LogP contribution in [0, 0.1) is 13.8 Å². The molecule has 0 aliphatic carbocycles. The Hall–Kier alpha value is -4.04. The predicted molar refractivity (Wildman–Crippen MR) is 140 cm³/mol. The van der Waals surface area contributed by atoms with Crippen LogP contribution in [0.5, 0.6) is 0 Å². The van der Waals surface area contributed by atoms with E-state index in [1.54, 1.807) is 12.5 Å². The van der Waals surface area contributed by atoms with Crippen molar-refractivity contribution in [2.45, 2.75) is 39.3 Å². The number of benzene rings is 3. The molecule has 8 heteroatoms. The molecule has 1 aliphatic heterocycles. The summed E-state index contributed by atoms with van der Waals surface area (Å²) in [6, 6.07) is 24.7. The molecule has 196 valence electrons. The van der Waals surface area contributed by atoms with Gasteiger partial charge in [0.1, 0.15) is 6.26 Å². The van der Waals surface area contributed by atoms with Gasteiger partial charge < -0.3 is 9.26 Å². The number of nitrogens with zero attached hydrogens (tertiary/aromatic N) is 3. The minimum absolute atomic E-state index is 0.104. The van der Waals surface area contributed by atoms with Gasteiger partial charge >= 0.3 is 6.18 Å². The average molecular weight is 520 g/mol. The topological polar surface area (TPSA) is 41.7 Å². The van der Waals surface area contributed by atoms with Gasteiger partial charge in [0.2, 0.25) is 12.1 Å². The van der Waals surface area contributed by atoms with Crippen molar-refractivity contribution in [1.82, 2.24) is 10.1 Å². The summed E-state index contributed by atoms with van der Waals surface area (Å²) in [5, 5.41) is 4.05. The second kappa shape index (κ2) is 10.8. The molecule has 0 N–H and O–H groups in total. The van der Waals surface area contributed by atoms with Crippen molar-refractivity contribution >= 4 is 5.88 Å². The third-order valence-corrected chi connectivity index (χ3v) is 6.59. The van der Waals surface area contributed by atoms with Crippen molar-refractivity contribution in [2.24, 2.45) is 0 Å². The molecule has 1 unspecified atom stereocenters. The molecule has 0 saturated heterocycles. The number of anilines is 1. The van der Waals surface area contributed by atoms with Crippen LogP contribution in [0.3, 0.4) is 0 Å². The van der Waals surface area contributed by atoms with Crippen LogP contribution >= 0.6 is 0 Å². The minimum Gasteiger partial charge on any atom is -0.472 e. The van der Waals surface area contributed by atoms with E-state index in [-0.39, 0.29) is 13.1 Å². The van der Waals surface area contributed by atoms with Crippen LogP contribution in [0.1, 0.15) is 34.2 Å². The highest BCUT2D eigenvalue weighted by Gasteiger charge is 2.32. The summed E-state index contributed by atoms with van der Waals surface area (Å²) < 4.78 is 52.4. The number of hydrogen-bond donors (Lipinski definition) is 0. The number of halogens is 3. The highest BCUT2D eigenvalue weighted by atomic mass is 19.4. The first kappa shape index (κ1) is 25.6. The molecule has 1 aliphatic rings. The van der Waals surface area contributed by atoms with Crippen LogP contribution in [-0.4, -0.2) is 22.8 Å². The fourth-order valence-electron chi connectivity index (χ4n) is 4.68. The van der Waals surface area contributed by atoms with Crippen LogP contribution < -0.4 is 4.90 Å². The maximum absolute atomic E-state index is 13.6. The van der Waals surface area contributed by atoms with Crippen molar-refractivity contribution < 1.29 is 22.4 Å². The van der Waals surface area contributed by atoms with Gasteiger partial charge in [0.15, 0.2) is 0 Å². The van der Waals surface area contributed by atoms with Crippen molar-refractivity contribution in [3.63, 3.8) is 0 Å². The van der Waals surface area contributed by atoms with E-state index in [0.29, 0.717) is 5.88 Å². The fraction of sp³-hybridized carbons (Fsp3) is 0.233. The molecule has 3 aromatic carbocycles. The van der Waals surface area contributed by atoms with Crippen molar-refractivity contribution in [1.29, 1.82) is 0 Å². The Labute approximate surface area is 219 Å². The third-order valence-electron chi connectivity index (χ3n) is 6.59. The molecule has 0 radical (unpaired) electrons. The Bertz CT molecular complexity index is 1400. The molecule has 0 fully saturated rings. The molecule has 0 saturated carbocycles. The summed E-state index contributed by atoms with van der Waals surface area (Å²) in [7, 11) is 0. The molecule has 1 aromatic heterocycles. The number of alkyl halides is 3. The Kier molecular flexibility index (Phi) is 7.24. The Morgan fingerprint density at radius 2 is 1.63 bits per heavy atom. The Balaban J connectivity index is 1.52. The maximum Gasteiger partial charge on any atom is 0.401 e. The normalized spacial score (nSPS) is 15.3. The van der Waals surface area contributed by atoms with Crippen molar-refractivity contribution in [2.75, 3.05) is 11.4 Å². The molecule has 5 nitrogen and oxygen atoms in total. The quantitative estimate of drug-likeness (QED) is 0.241. The number of aromatic nitrogens is 1. The van der Waals surface area contributed by atoms with E-state index in [9.17, 15) is 13.2 Å². The van der Waals surface area contributed by atoms with Gasteiger partial charge in [-0.25, -0.2) is 0 Å². The van der Waals surface area contributed by atoms with Gasteiger partial charge in [0.25, 0.3) is 0 Å². The second-order valence-corrected chi connectivity index (χ2v) is 9.41. The summed E-state index contributed by atoms with van der Waals surface area (Å²) in [6.45, 7) is 3.04. The Morgan fingerprint density at radius 1 is 0.921 bits per heavy atom. The summed E-state index contributed by atoms with van der Waals surface area (Å²) in [5.41, 5.74) is 5.87. The molecule has 0 bridgehead atoms. The van der Waals surface area contributed by atoms with Gasteiger partial charge in [-0.2, -0.15) is 13.2 Å². The smallest absolute Gasteiger partial charge is 0.401 e. The van der Waals surface area contributed by atoms with Crippen LogP contribution in [0.2, 0.25) is 0 Å². The van der Waals surface area contributed by atoms with Gasteiger partial charge in [-0.05, 0) is 42.2 Å². The molecule has 1 atom stereocenters. The zero-order valence-electron chi connectivity index (χ0n) is 21.2. The zero-order valence-corrected chi connectivity index (χ0v) is 21.2. The van der Waals surface area contributed by atoms with Crippen molar-refractivity contribution in [3.8, 4) is 11.1 Å². The first-order valence-electron chi connectivity index (χ1n) is 12.3. The lowest BCUT2D eigenvalue weighted by molar-refractivity contribution is -0.148. The van der Waals surface area contributed by atoms with E-state index in [4.69, 9.17) is 9.26 Å². The molecule has 4 aromatic rings. The van der Waals surface area contributed by atoms with Gasteiger partial charge in [0, 0.05) is 30.4 Å². The number of ether oxygens (including phenoxy) is 1. The number of aryl methyl sites for hydroxylation is 1. The molecular formula is C30H28F3N3O2. The molecular weight excluding hydrogens is 491 g/mol. The SMILES string of the molecule is Cc1noc(N2C=COC2c2ccc(-c3ccccc3)c(CN(Cc3ccccc3)CC(F)(F)F)c2)c1C. The van der Waals surface area contributed by atoms with E-state index in [1.165, 1.54) is 4.90 Å². The first-order valence-corrected chi connectivity index (χ1v) is 12.3. The van der Waals surface area contributed by atoms with Crippen LogP contribution in [0.15, 0.2) is 95.8 Å². The summed E-state index contributed by atoms with van der Waals surface area (Å²) >= 11 is 0. The highest BCUT2D eigenvalue weighted by molar-refractivity contribution is 5.68. The van der Waals surface area contributed by atoms with Gasteiger partial charge in [0.05, 0.1) is 12.2 Å². The summed E-state index contributed by atoms with van der Waals surface area (Å²) in [6.07, 6.45) is -1.52. The summed E-state index contributed by atoms with van der Waals surface area (Å²) in [4.78, 5) is 3.27. The van der Waals surface area contributed by atoms with Crippen LogP contribution in [0.25, 0.3) is 11.1 Å². The van der Waals surface area contributed by atoms with Crippen LogP contribution in [0.4, 0.5) is 19.1 Å². The zero-order chi connectivity index (χ0) is 26.7. The number of hydrogen-bond acceptors (Lipinski definition) is 5. The largest absolute Gasteiger partial charge is 0.472 e. The molecule has 2 heterocycles. The van der Waals surface area contributed by atoms with E-state index in [1.807, 2.05) is 97.6 Å². The molecule has 0 amide bonds. The second-order valence-electron chi connectivity index (χ2n) is 9.41. The minimum atomic E-state index is -4.34. The van der Waals surface area contributed by atoms with E-state index < -0.39 is 18.9 Å². The third kappa shape index (κ3) is 5.75. The van der Waals surface area contributed by atoms with E-state index >= 15 is 0 Å². The molecule has 38 heavy (non-hydrogen) atoms. The lowest BCUT2D eigenvalue weighted by atomic mass is 9.96. The summed E-state index contributed by atoms with van der Waals surface area (Å²) in [5.74, 6) is 0.567. The fourth-order valence-corrected chi connectivity index (χ4v) is 4.68. The lowest BCUT2D eigenvalue weighted by Gasteiger charge is -2.27. The van der Waals surface area contributed by atoms with Gasteiger partial charge in [-0.15, -0.1) is 0 Å². The van der Waals surface area contributed by atoms with Gasteiger partial charge in [-0.3, -0.25) is 9.80 Å². The Morgan fingerprint density at radius 3 is 2.29 bits per heavy atom. The standard InChI is InChI=1S/C30H28F3N3O2/c1-21-22(2)34-38-28(21)36-15-16-37-29(36)25-13-14-27(24-11-7-4-8-12-24)26(17-25)19-35(20-30(31,32)33)18-23-9-5-3-6-10-23/h3-17,29H,18-20H2,1-2H3. The predicted octanol–water partition coefficient (Wildman–Crippen LogP) is 7.53. The average Bonchev–Trinajstić information content (AvgIpc) is 3.50. The molecule has 5 rings (SSSR count).